The summed E-state index contributed by atoms with van der Waals surface area (Å²) in [5.74, 6) is 1.91. The van der Waals surface area contributed by atoms with Crippen molar-refractivity contribution in [3.8, 4) is 22.8 Å². The summed E-state index contributed by atoms with van der Waals surface area (Å²) >= 11 is 0. The summed E-state index contributed by atoms with van der Waals surface area (Å²) in [5.41, 5.74) is 1.82. The molecular formula is C19H17F2N5O3. The van der Waals surface area contributed by atoms with E-state index in [0.29, 0.717) is 59.1 Å². The van der Waals surface area contributed by atoms with E-state index in [2.05, 4.69) is 10.1 Å². The van der Waals surface area contributed by atoms with Crippen LogP contribution in [0.15, 0.2) is 36.8 Å². The van der Waals surface area contributed by atoms with Gasteiger partial charge in [0.15, 0.2) is 11.5 Å². The summed E-state index contributed by atoms with van der Waals surface area (Å²) in [6, 6.07) is 5.15. The minimum Gasteiger partial charge on any atom is -0.454 e. The first kappa shape index (κ1) is 17.7. The molecule has 150 valence electrons. The Labute approximate surface area is 164 Å². The molecule has 2 aliphatic rings. The van der Waals surface area contributed by atoms with Gasteiger partial charge in [-0.05, 0) is 18.2 Å². The van der Waals surface area contributed by atoms with Crippen molar-refractivity contribution in [1.82, 2.24) is 24.2 Å². The van der Waals surface area contributed by atoms with Crippen molar-refractivity contribution in [3.63, 3.8) is 0 Å². The molecule has 0 atom stereocenters. The van der Waals surface area contributed by atoms with Crippen molar-refractivity contribution in [2.24, 2.45) is 0 Å². The fourth-order valence-electron chi connectivity index (χ4n) is 3.65. The van der Waals surface area contributed by atoms with Crippen LogP contribution in [0.3, 0.4) is 0 Å². The summed E-state index contributed by atoms with van der Waals surface area (Å²) < 4.78 is 38.9. The van der Waals surface area contributed by atoms with Gasteiger partial charge in [0, 0.05) is 43.4 Å². The van der Waals surface area contributed by atoms with Crippen LogP contribution in [0.2, 0.25) is 0 Å². The van der Waals surface area contributed by atoms with E-state index in [0.717, 1.165) is 5.82 Å². The van der Waals surface area contributed by atoms with Crippen LogP contribution in [0.25, 0.3) is 11.3 Å². The summed E-state index contributed by atoms with van der Waals surface area (Å²) in [4.78, 5) is 19.1. The van der Waals surface area contributed by atoms with Crippen LogP contribution in [0.5, 0.6) is 11.5 Å². The topological polar surface area (TPSA) is 74.4 Å². The Morgan fingerprint density at radius 2 is 1.97 bits per heavy atom. The molecule has 1 amide bonds. The van der Waals surface area contributed by atoms with E-state index in [1.165, 1.54) is 12.4 Å². The van der Waals surface area contributed by atoms with Gasteiger partial charge in [-0.15, -0.1) is 0 Å². The number of fused-ring (bicyclic) bond motifs is 2. The third-order valence-corrected chi connectivity index (χ3v) is 5.14. The number of benzene rings is 1. The number of carbonyl (C=O) groups is 1. The van der Waals surface area contributed by atoms with Gasteiger partial charge in [0.05, 0.1) is 18.1 Å². The van der Waals surface area contributed by atoms with E-state index in [-0.39, 0.29) is 12.7 Å². The molecule has 1 aromatic carbocycles. The van der Waals surface area contributed by atoms with Crippen LogP contribution in [-0.2, 0) is 13.0 Å². The van der Waals surface area contributed by atoms with E-state index >= 15 is 0 Å². The third-order valence-electron chi connectivity index (χ3n) is 5.14. The number of imidazole rings is 1. The number of amides is 1. The highest BCUT2D eigenvalue weighted by Gasteiger charge is 2.24. The summed E-state index contributed by atoms with van der Waals surface area (Å²) in [6.07, 6.45) is 4.93. The number of hydrogen-bond donors (Lipinski definition) is 0. The molecule has 0 spiro atoms. The van der Waals surface area contributed by atoms with Gasteiger partial charge in [-0.25, -0.2) is 9.67 Å². The fraction of sp³-hybridized carbons (Fsp3) is 0.316. The zero-order chi connectivity index (χ0) is 20.0. The second-order valence-electron chi connectivity index (χ2n) is 6.81. The Morgan fingerprint density at radius 3 is 2.79 bits per heavy atom. The largest absolute Gasteiger partial charge is 0.454 e. The van der Waals surface area contributed by atoms with Gasteiger partial charge in [-0.1, -0.05) is 0 Å². The molecule has 10 heteroatoms. The van der Waals surface area contributed by atoms with Crippen molar-refractivity contribution < 1.29 is 23.0 Å². The maximum Gasteiger partial charge on any atom is 0.333 e. The zero-order valence-electron chi connectivity index (χ0n) is 15.3. The van der Waals surface area contributed by atoms with E-state index in [1.807, 2.05) is 4.57 Å². The molecule has 0 aliphatic carbocycles. The highest BCUT2D eigenvalue weighted by Crippen LogP contribution is 2.33. The molecule has 0 N–H and O–H groups in total. The van der Waals surface area contributed by atoms with Gasteiger partial charge in [-0.2, -0.15) is 13.9 Å². The maximum absolute atomic E-state index is 13.0. The van der Waals surface area contributed by atoms with E-state index in [4.69, 9.17) is 9.47 Å². The zero-order valence-corrected chi connectivity index (χ0v) is 15.3. The van der Waals surface area contributed by atoms with Crippen molar-refractivity contribution in [1.29, 1.82) is 0 Å². The monoisotopic (exact) mass is 401 g/mol. The van der Waals surface area contributed by atoms with Gasteiger partial charge in [0.25, 0.3) is 5.91 Å². The minimum atomic E-state index is -2.69. The van der Waals surface area contributed by atoms with Gasteiger partial charge < -0.3 is 18.9 Å². The molecular weight excluding hydrogens is 384 g/mol. The van der Waals surface area contributed by atoms with E-state index in [9.17, 15) is 13.6 Å². The van der Waals surface area contributed by atoms with Gasteiger partial charge in [-0.3, -0.25) is 4.79 Å². The lowest BCUT2D eigenvalue weighted by Gasteiger charge is -2.20. The molecule has 5 rings (SSSR count). The Morgan fingerprint density at radius 1 is 1.10 bits per heavy atom. The maximum atomic E-state index is 13.0. The highest BCUT2D eigenvalue weighted by molar-refractivity contribution is 5.95. The molecule has 29 heavy (non-hydrogen) atoms. The number of nitrogens with zero attached hydrogens (tertiary/aromatic N) is 5. The summed E-state index contributed by atoms with van der Waals surface area (Å²) in [5, 5.41) is 3.69. The average molecular weight is 401 g/mol. The average Bonchev–Trinajstić information content (AvgIpc) is 3.44. The molecule has 0 radical (unpaired) electrons. The fourth-order valence-corrected chi connectivity index (χ4v) is 3.65. The van der Waals surface area contributed by atoms with E-state index in [1.54, 1.807) is 29.3 Å². The van der Waals surface area contributed by atoms with Gasteiger partial charge in [0.1, 0.15) is 5.82 Å². The lowest BCUT2D eigenvalue weighted by atomic mass is 10.1. The third kappa shape index (κ3) is 3.10. The molecule has 0 saturated carbocycles. The first-order chi connectivity index (χ1) is 14.1. The molecule has 0 unspecified atom stereocenters. The van der Waals surface area contributed by atoms with Crippen LogP contribution >= 0.6 is 0 Å². The number of hydrogen-bond acceptors (Lipinski definition) is 5. The normalized spacial score (nSPS) is 15.5. The lowest BCUT2D eigenvalue weighted by Crippen LogP contribution is -2.33. The van der Waals surface area contributed by atoms with Gasteiger partial charge in [0.2, 0.25) is 6.79 Å². The Hall–Kier alpha value is -3.43. The Bertz CT molecular complexity index is 1080. The Balaban J connectivity index is 1.35. The Kier molecular flexibility index (Phi) is 4.18. The predicted molar refractivity (Wildman–Crippen MR) is 96.9 cm³/mol. The summed E-state index contributed by atoms with van der Waals surface area (Å²) in [6.45, 7) is -1.03. The highest BCUT2D eigenvalue weighted by atomic mass is 19.3. The predicted octanol–water partition coefficient (Wildman–Crippen LogP) is 2.57. The van der Waals surface area contributed by atoms with Crippen LogP contribution in [0.1, 0.15) is 22.7 Å². The first-order valence-electron chi connectivity index (χ1n) is 9.16. The smallest absolute Gasteiger partial charge is 0.333 e. The van der Waals surface area contributed by atoms with Crippen molar-refractivity contribution in [2.45, 2.75) is 19.5 Å². The van der Waals surface area contributed by atoms with Crippen molar-refractivity contribution >= 4 is 5.91 Å². The lowest BCUT2D eigenvalue weighted by molar-refractivity contribution is 0.0566. The summed E-state index contributed by atoms with van der Waals surface area (Å²) in [7, 11) is 0. The quantitative estimate of drug-likeness (QED) is 0.675. The van der Waals surface area contributed by atoms with Crippen LogP contribution in [0, 0.1) is 0 Å². The van der Waals surface area contributed by atoms with Crippen molar-refractivity contribution in [2.75, 3.05) is 19.9 Å². The van der Waals surface area contributed by atoms with Crippen LogP contribution < -0.4 is 9.47 Å². The minimum absolute atomic E-state index is 0.0962. The number of halogens is 2. The SMILES string of the molecule is O=C(c1ccc2c(c1)OCO2)N1CCc2ncc(-c3cnn(C(F)F)c3)n2CC1. The second kappa shape index (κ2) is 6.87. The van der Waals surface area contributed by atoms with Crippen LogP contribution in [-0.4, -0.2) is 50.0 Å². The number of aromatic nitrogens is 4. The molecule has 3 aromatic rings. The molecule has 0 bridgehead atoms. The second-order valence-corrected chi connectivity index (χ2v) is 6.81. The molecule has 2 aliphatic heterocycles. The molecule has 0 fully saturated rings. The number of carbonyl (C=O) groups excluding carboxylic acids is 1. The van der Waals surface area contributed by atoms with Crippen molar-refractivity contribution in [3.05, 3.63) is 48.2 Å². The van der Waals surface area contributed by atoms with Gasteiger partial charge >= 0.3 is 6.55 Å². The first-order valence-corrected chi connectivity index (χ1v) is 9.16. The molecule has 0 saturated heterocycles. The molecule has 8 nitrogen and oxygen atoms in total. The van der Waals surface area contributed by atoms with Crippen LogP contribution in [0.4, 0.5) is 8.78 Å². The number of ether oxygens (including phenoxy) is 2. The standard InChI is InChI=1S/C19H17F2N5O3/c20-19(21)26-10-13(8-23-26)14-9-22-17-3-4-24(5-6-25(14)17)18(27)12-1-2-15-16(7-12)29-11-28-15/h1-2,7-10,19H,3-6,11H2. The number of alkyl halides is 2. The molecule has 2 aromatic heterocycles. The van der Waals surface area contributed by atoms with E-state index < -0.39 is 6.55 Å². The molecule has 4 heterocycles. The number of rotatable bonds is 3.